The molecule has 2 aromatic rings. The molecular formula is C9H11N5O2. The maximum Gasteiger partial charge on any atom is 0.313 e. The van der Waals surface area contributed by atoms with Gasteiger partial charge < -0.3 is 10.5 Å². The van der Waals surface area contributed by atoms with Crippen LogP contribution in [0.1, 0.15) is 11.5 Å². The van der Waals surface area contributed by atoms with Gasteiger partial charge in [0.15, 0.2) is 5.82 Å². The number of hydrogen-bond acceptors (Lipinski definition) is 6. The van der Waals surface area contributed by atoms with Crippen LogP contribution < -0.4 is 5.73 Å². The number of esters is 1. The Hall–Kier alpha value is -2.02. The van der Waals surface area contributed by atoms with Crippen LogP contribution in [0, 0.1) is 0 Å². The molecule has 2 rings (SSSR count). The molecule has 2 heterocycles. The van der Waals surface area contributed by atoms with Gasteiger partial charge in [-0.2, -0.15) is 9.50 Å². The third-order valence-electron chi connectivity index (χ3n) is 2.10. The van der Waals surface area contributed by atoms with Gasteiger partial charge in [-0.1, -0.05) is 0 Å². The number of carbonyl (C=O) groups is 1. The lowest BCUT2D eigenvalue weighted by molar-refractivity contribution is -0.139. The predicted octanol–water partition coefficient (Wildman–Crippen LogP) is -0.702. The first kappa shape index (κ1) is 10.5. The number of nitrogens with two attached hydrogens (primary N) is 1. The van der Waals surface area contributed by atoms with E-state index in [1.54, 1.807) is 12.3 Å². The number of methoxy groups -OCH3 is 1. The highest BCUT2D eigenvalue weighted by Crippen LogP contribution is 2.03. The van der Waals surface area contributed by atoms with Gasteiger partial charge in [0.1, 0.15) is 6.42 Å². The van der Waals surface area contributed by atoms with Crippen molar-refractivity contribution in [3.8, 4) is 0 Å². The van der Waals surface area contributed by atoms with Crippen molar-refractivity contribution in [3.63, 3.8) is 0 Å². The van der Waals surface area contributed by atoms with Gasteiger partial charge in [0.25, 0.3) is 5.78 Å². The monoisotopic (exact) mass is 221 g/mol. The third-order valence-corrected chi connectivity index (χ3v) is 2.10. The summed E-state index contributed by atoms with van der Waals surface area (Å²) >= 11 is 0. The molecule has 0 aliphatic heterocycles. The Labute approximate surface area is 91.3 Å². The molecule has 0 saturated carbocycles. The summed E-state index contributed by atoms with van der Waals surface area (Å²) in [4.78, 5) is 19.2. The second-order valence-corrected chi connectivity index (χ2v) is 3.13. The number of ether oxygens (including phenoxy) is 1. The minimum Gasteiger partial charge on any atom is -0.469 e. The zero-order valence-electron chi connectivity index (χ0n) is 8.75. The van der Waals surface area contributed by atoms with E-state index < -0.39 is 0 Å². The van der Waals surface area contributed by atoms with Crippen LogP contribution in [-0.4, -0.2) is 32.7 Å². The van der Waals surface area contributed by atoms with E-state index in [2.05, 4.69) is 19.8 Å². The van der Waals surface area contributed by atoms with Gasteiger partial charge in [-0.15, -0.1) is 5.10 Å². The van der Waals surface area contributed by atoms with E-state index >= 15 is 0 Å². The Kier molecular flexibility index (Phi) is 2.78. The minimum absolute atomic E-state index is 0.0316. The molecule has 0 aliphatic rings. The Bertz CT molecular complexity index is 522. The van der Waals surface area contributed by atoms with Gasteiger partial charge in [-0.05, 0) is 6.07 Å². The van der Waals surface area contributed by atoms with E-state index in [0.29, 0.717) is 18.1 Å². The fourth-order valence-corrected chi connectivity index (χ4v) is 1.31. The van der Waals surface area contributed by atoms with Gasteiger partial charge >= 0.3 is 5.97 Å². The summed E-state index contributed by atoms with van der Waals surface area (Å²) in [6.45, 7) is 0.333. The number of nitrogens with zero attached hydrogens (tertiary/aromatic N) is 4. The smallest absolute Gasteiger partial charge is 0.313 e. The number of carbonyl (C=O) groups excluding carboxylic acids is 1. The molecule has 7 nitrogen and oxygen atoms in total. The summed E-state index contributed by atoms with van der Waals surface area (Å²) in [5, 5.41) is 4.13. The van der Waals surface area contributed by atoms with E-state index in [1.807, 2.05) is 0 Å². The Morgan fingerprint density at radius 2 is 2.44 bits per heavy atom. The molecule has 0 aliphatic carbocycles. The van der Waals surface area contributed by atoms with Crippen molar-refractivity contribution in [3.05, 3.63) is 23.8 Å². The van der Waals surface area contributed by atoms with E-state index in [9.17, 15) is 4.79 Å². The first-order valence-corrected chi connectivity index (χ1v) is 4.71. The van der Waals surface area contributed by atoms with Gasteiger partial charge in [0.2, 0.25) is 0 Å². The summed E-state index contributed by atoms with van der Waals surface area (Å²) in [7, 11) is 1.32. The van der Waals surface area contributed by atoms with Crippen molar-refractivity contribution in [2.45, 2.75) is 13.0 Å². The molecule has 0 saturated heterocycles. The summed E-state index contributed by atoms with van der Waals surface area (Å²) in [5.41, 5.74) is 6.33. The highest BCUT2D eigenvalue weighted by atomic mass is 16.5. The first-order chi connectivity index (χ1) is 7.74. The molecular weight excluding hydrogens is 210 g/mol. The zero-order chi connectivity index (χ0) is 11.5. The molecule has 0 amide bonds. The van der Waals surface area contributed by atoms with Crippen molar-refractivity contribution >= 4 is 11.7 Å². The maximum absolute atomic E-state index is 11.1. The molecule has 16 heavy (non-hydrogen) atoms. The molecule has 0 fully saturated rings. The average Bonchev–Trinajstić information content (AvgIpc) is 2.70. The Morgan fingerprint density at radius 3 is 3.12 bits per heavy atom. The van der Waals surface area contributed by atoms with Crippen molar-refractivity contribution in [2.75, 3.05) is 7.11 Å². The van der Waals surface area contributed by atoms with Crippen LogP contribution in [0.2, 0.25) is 0 Å². The lowest BCUT2D eigenvalue weighted by atomic mass is 10.4. The van der Waals surface area contributed by atoms with Gasteiger partial charge in [0, 0.05) is 12.7 Å². The lowest BCUT2D eigenvalue weighted by Gasteiger charge is -1.97. The molecule has 0 radical (unpaired) electrons. The van der Waals surface area contributed by atoms with Crippen molar-refractivity contribution < 1.29 is 9.53 Å². The molecule has 0 atom stereocenters. The Balaban J connectivity index is 2.39. The van der Waals surface area contributed by atoms with Crippen LogP contribution in [0.15, 0.2) is 12.3 Å². The highest BCUT2D eigenvalue weighted by Gasteiger charge is 2.11. The molecule has 0 bridgehead atoms. The summed E-state index contributed by atoms with van der Waals surface area (Å²) in [6, 6.07) is 1.75. The van der Waals surface area contributed by atoms with Gasteiger partial charge in [-0.25, -0.2) is 4.98 Å². The number of rotatable bonds is 3. The SMILES string of the molecule is COC(=O)Cc1nc2nccc(CN)n2n1. The van der Waals surface area contributed by atoms with Gasteiger partial charge in [0.05, 0.1) is 12.8 Å². The molecule has 0 aromatic carbocycles. The van der Waals surface area contributed by atoms with E-state index in [-0.39, 0.29) is 12.4 Å². The third kappa shape index (κ3) is 1.84. The molecule has 2 N–H and O–H groups in total. The van der Waals surface area contributed by atoms with Crippen LogP contribution in [0.25, 0.3) is 5.78 Å². The minimum atomic E-state index is -0.384. The topological polar surface area (TPSA) is 95.4 Å². The fraction of sp³-hybridized carbons (Fsp3) is 0.333. The summed E-state index contributed by atoms with van der Waals surface area (Å²) in [5.74, 6) is 0.423. The molecule has 0 spiro atoms. The average molecular weight is 221 g/mol. The summed E-state index contributed by atoms with van der Waals surface area (Å²) in [6.07, 6.45) is 1.64. The molecule has 7 heteroatoms. The van der Waals surface area contributed by atoms with Crippen LogP contribution in [-0.2, 0) is 22.5 Å². The summed E-state index contributed by atoms with van der Waals surface area (Å²) < 4.78 is 6.06. The first-order valence-electron chi connectivity index (χ1n) is 4.71. The van der Waals surface area contributed by atoms with E-state index in [1.165, 1.54) is 11.6 Å². The zero-order valence-corrected chi connectivity index (χ0v) is 8.75. The van der Waals surface area contributed by atoms with Gasteiger partial charge in [-0.3, -0.25) is 4.79 Å². The number of fused-ring (bicyclic) bond motifs is 1. The van der Waals surface area contributed by atoms with Crippen molar-refractivity contribution in [2.24, 2.45) is 5.73 Å². The van der Waals surface area contributed by atoms with E-state index in [4.69, 9.17) is 5.73 Å². The normalized spacial score (nSPS) is 10.6. The Morgan fingerprint density at radius 1 is 1.62 bits per heavy atom. The second kappa shape index (κ2) is 4.23. The van der Waals surface area contributed by atoms with Crippen LogP contribution in [0.3, 0.4) is 0 Å². The van der Waals surface area contributed by atoms with Crippen molar-refractivity contribution in [1.29, 1.82) is 0 Å². The molecule has 0 unspecified atom stereocenters. The second-order valence-electron chi connectivity index (χ2n) is 3.13. The quantitative estimate of drug-likeness (QED) is 0.688. The van der Waals surface area contributed by atoms with Crippen LogP contribution in [0.5, 0.6) is 0 Å². The van der Waals surface area contributed by atoms with E-state index in [0.717, 1.165) is 5.69 Å². The van der Waals surface area contributed by atoms with Crippen molar-refractivity contribution in [1.82, 2.24) is 19.6 Å². The fourth-order valence-electron chi connectivity index (χ4n) is 1.31. The van der Waals surface area contributed by atoms with Crippen LogP contribution in [0.4, 0.5) is 0 Å². The largest absolute Gasteiger partial charge is 0.469 e. The number of hydrogen-bond donors (Lipinski definition) is 1. The van der Waals surface area contributed by atoms with Crippen LogP contribution >= 0.6 is 0 Å². The molecule has 2 aromatic heterocycles. The lowest BCUT2D eigenvalue weighted by Crippen LogP contribution is -2.07. The standard InChI is InChI=1S/C9H11N5O2/c1-16-8(15)4-7-12-9-11-3-2-6(5-10)14(9)13-7/h2-3H,4-5,10H2,1H3. The molecule has 84 valence electrons. The predicted molar refractivity (Wildman–Crippen MR) is 54.4 cm³/mol. The number of aromatic nitrogens is 4. The maximum atomic E-state index is 11.1. The highest BCUT2D eigenvalue weighted by molar-refractivity contribution is 5.71.